The van der Waals surface area contributed by atoms with Crippen LogP contribution in [0.15, 0.2) is 66.1 Å². The lowest BCUT2D eigenvalue weighted by Crippen LogP contribution is -2.08. The molecule has 5 heteroatoms. The minimum atomic E-state index is -0.317. The molecular weight excluding hydrogens is 366 g/mol. The summed E-state index contributed by atoms with van der Waals surface area (Å²) in [6.45, 7) is 5.72. The quantitative estimate of drug-likeness (QED) is 0.374. The third-order valence-electron chi connectivity index (χ3n) is 4.18. The second kappa shape index (κ2) is 10.7. The number of benzene rings is 2. The van der Waals surface area contributed by atoms with Crippen molar-refractivity contribution in [2.75, 3.05) is 6.61 Å². The fourth-order valence-corrected chi connectivity index (χ4v) is 2.80. The zero-order valence-electron chi connectivity index (χ0n) is 16.9. The van der Waals surface area contributed by atoms with E-state index in [0.29, 0.717) is 35.7 Å². The Balaban J connectivity index is 2.33. The van der Waals surface area contributed by atoms with E-state index in [4.69, 9.17) is 14.7 Å². The van der Waals surface area contributed by atoms with Crippen molar-refractivity contribution in [2.45, 2.75) is 33.6 Å². The fourth-order valence-electron chi connectivity index (χ4n) is 2.80. The van der Waals surface area contributed by atoms with Gasteiger partial charge in [-0.3, -0.25) is 4.79 Å². The van der Waals surface area contributed by atoms with E-state index in [-0.39, 0.29) is 18.1 Å². The molecule has 0 aliphatic rings. The van der Waals surface area contributed by atoms with Crippen molar-refractivity contribution in [3.63, 3.8) is 0 Å². The van der Waals surface area contributed by atoms with Gasteiger partial charge in [0, 0.05) is 17.6 Å². The number of allylic oxidation sites excluding steroid dienone is 4. The first-order valence-corrected chi connectivity index (χ1v) is 9.50. The third kappa shape index (κ3) is 6.25. The molecule has 5 nitrogen and oxygen atoms in total. The molecule has 0 saturated heterocycles. The number of rotatable bonds is 8. The first-order valence-electron chi connectivity index (χ1n) is 9.50. The molecule has 0 aliphatic carbocycles. The van der Waals surface area contributed by atoms with Crippen LogP contribution < -0.4 is 4.74 Å². The van der Waals surface area contributed by atoms with Crippen molar-refractivity contribution in [3.05, 3.63) is 82.8 Å². The molecule has 1 N–H and O–H groups in total. The first kappa shape index (κ1) is 21.8. The number of para-hydroxylation sites is 1. The average Bonchev–Trinajstić information content (AvgIpc) is 2.73. The lowest BCUT2D eigenvalue weighted by atomic mass is 10.0. The second-order valence-corrected chi connectivity index (χ2v) is 6.35. The van der Waals surface area contributed by atoms with Gasteiger partial charge in [0.2, 0.25) is 0 Å². The molecule has 0 atom stereocenters. The molecule has 0 spiro atoms. The van der Waals surface area contributed by atoms with E-state index < -0.39 is 0 Å². The molecule has 29 heavy (non-hydrogen) atoms. The summed E-state index contributed by atoms with van der Waals surface area (Å²) < 4.78 is 11.0. The molecule has 0 aromatic heterocycles. The van der Waals surface area contributed by atoms with Crippen LogP contribution in [-0.4, -0.2) is 17.7 Å². The van der Waals surface area contributed by atoms with Gasteiger partial charge in [-0.15, -0.1) is 0 Å². The summed E-state index contributed by atoms with van der Waals surface area (Å²) in [7, 11) is 0. The van der Waals surface area contributed by atoms with Gasteiger partial charge in [-0.2, -0.15) is 5.26 Å². The molecule has 0 amide bonds. The van der Waals surface area contributed by atoms with Crippen molar-refractivity contribution < 1.29 is 19.4 Å². The summed E-state index contributed by atoms with van der Waals surface area (Å²) in [5, 5.41) is 19.6. The summed E-state index contributed by atoms with van der Waals surface area (Å²) >= 11 is 0. The lowest BCUT2D eigenvalue weighted by molar-refractivity contribution is -0.142. The van der Waals surface area contributed by atoms with Gasteiger partial charge < -0.3 is 14.6 Å². The number of aliphatic hydroxyl groups is 1. The van der Waals surface area contributed by atoms with E-state index in [1.807, 2.05) is 31.2 Å². The van der Waals surface area contributed by atoms with E-state index in [2.05, 4.69) is 6.07 Å². The van der Waals surface area contributed by atoms with Gasteiger partial charge in [0.1, 0.15) is 11.5 Å². The molecule has 0 aliphatic heterocycles. The number of ether oxygens (including phenoxy) is 2. The van der Waals surface area contributed by atoms with Crippen LogP contribution in [0.25, 0.3) is 5.57 Å². The third-order valence-corrected chi connectivity index (χ3v) is 4.18. The summed E-state index contributed by atoms with van der Waals surface area (Å²) in [4.78, 5) is 11.8. The standard InChI is InChI=1S/C24H25NO4/c1-4-22(26)21(19-11-8-9-18(14-19)16-25)13-17(3)29-23-12-7-6-10-20(23)15-24(27)28-5-2/h6-14,26H,4-5,15H2,1-3H3/b17-13?,22-21-. The van der Waals surface area contributed by atoms with Crippen LogP contribution in [-0.2, 0) is 16.0 Å². The van der Waals surface area contributed by atoms with Crippen LogP contribution in [0.2, 0.25) is 0 Å². The van der Waals surface area contributed by atoms with Crippen LogP contribution in [0.3, 0.4) is 0 Å². The van der Waals surface area contributed by atoms with Crippen molar-refractivity contribution in [2.24, 2.45) is 0 Å². The second-order valence-electron chi connectivity index (χ2n) is 6.35. The summed E-state index contributed by atoms with van der Waals surface area (Å²) in [6.07, 6.45) is 2.29. The van der Waals surface area contributed by atoms with Gasteiger partial charge in [0.05, 0.1) is 30.4 Å². The Bertz CT molecular complexity index is 967. The number of nitriles is 1. The van der Waals surface area contributed by atoms with E-state index in [9.17, 15) is 9.90 Å². The lowest BCUT2D eigenvalue weighted by Gasteiger charge is -2.13. The van der Waals surface area contributed by atoms with Crippen molar-refractivity contribution in [3.8, 4) is 11.8 Å². The molecule has 2 aromatic rings. The zero-order valence-corrected chi connectivity index (χ0v) is 16.9. The zero-order chi connectivity index (χ0) is 21.2. The minimum Gasteiger partial charge on any atom is -0.512 e. The Kier molecular flexibility index (Phi) is 8.05. The highest BCUT2D eigenvalue weighted by Crippen LogP contribution is 2.26. The smallest absolute Gasteiger partial charge is 0.310 e. The monoisotopic (exact) mass is 391 g/mol. The fraction of sp³-hybridized carbons (Fsp3) is 0.250. The van der Waals surface area contributed by atoms with Gasteiger partial charge in [-0.25, -0.2) is 0 Å². The minimum absolute atomic E-state index is 0.115. The van der Waals surface area contributed by atoms with E-state index in [1.54, 1.807) is 44.2 Å². The predicted octanol–water partition coefficient (Wildman–Crippen LogP) is 5.33. The van der Waals surface area contributed by atoms with Crippen LogP contribution in [0, 0.1) is 11.3 Å². The molecule has 0 saturated carbocycles. The van der Waals surface area contributed by atoms with Crippen molar-refractivity contribution >= 4 is 11.5 Å². The Morgan fingerprint density at radius 3 is 2.62 bits per heavy atom. The van der Waals surface area contributed by atoms with E-state index in [0.717, 1.165) is 11.1 Å². The van der Waals surface area contributed by atoms with Gasteiger partial charge in [0.15, 0.2) is 0 Å². The Morgan fingerprint density at radius 1 is 1.17 bits per heavy atom. The number of nitrogens with zero attached hydrogens (tertiary/aromatic N) is 1. The normalized spacial score (nSPS) is 12.0. The van der Waals surface area contributed by atoms with Crippen LogP contribution in [0.1, 0.15) is 43.9 Å². The number of aliphatic hydroxyl groups excluding tert-OH is 1. The van der Waals surface area contributed by atoms with Crippen LogP contribution in [0.4, 0.5) is 0 Å². The van der Waals surface area contributed by atoms with Gasteiger partial charge >= 0.3 is 5.97 Å². The molecule has 2 rings (SSSR count). The maximum Gasteiger partial charge on any atom is 0.310 e. The summed E-state index contributed by atoms with van der Waals surface area (Å²) in [6, 6.07) is 16.4. The van der Waals surface area contributed by atoms with Gasteiger partial charge in [-0.1, -0.05) is 37.3 Å². The number of esters is 1. The Labute approximate surface area is 171 Å². The SMILES string of the molecule is CCOC(=O)Cc1ccccc1OC(C)=C/C(=C(/O)CC)c1cccc(C#N)c1. The molecular formula is C24H25NO4. The summed E-state index contributed by atoms with van der Waals surface area (Å²) in [5.41, 5.74) is 2.54. The van der Waals surface area contributed by atoms with Crippen LogP contribution in [0.5, 0.6) is 5.75 Å². The molecule has 2 aromatic carbocycles. The van der Waals surface area contributed by atoms with E-state index in [1.165, 1.54) is 0 Å². The Morgan fingerprint density at radius 2 is 1.93 bits per heavy atom. The van der Waals surface area contributed by atoms with Crippen molar-refractivity contribution in [1.82, 2.24) is 0 Å². The predicted molar refractivity (Wildman–Crippen MR) is 112 cm³/mol. The topological polar surface area (TPSA) is 79.6 Å². The molecule has 0 bridgehead atoms. The number of hydrogen-bond donors (Lipinski definition) is 1. The van der Waals surface area contributed by atoms with Gasteiger partial charge in [-0.05, 0) is 43.7 Å². The number of carbonyl (C=O) groups is 1. The highest BCUT2D eigenvalue weighted by Gasteiger charge is 2.12. The highest BCUT2D eigenvalue weighted by atomic mass is 16.5. The number of hydrogen-bond acceptors (Lipinski definition) is 5. The summed E-state index contributed by atoms with van der Waals surface area (Å²) in [5.74, 6) is 0.972. The molecule has 0 radical (unpaired) electrons. The van der Waals surface area contributed by atoms with Gasteiger partial charge in [0.25, 0.3) is 0 Å². The van der Waals surface area contributed by atoms with Crippen LogP contribution >= 0.6 is 0 Å². The average molecular weight is 391 g/mol. The molecule has 150 valence electrons. The molecule has 0 fully saturated rings. The first-order chi connectivity index (χ1) is 14.0. The molecule has 0 unspecified atom stereocenters. The maximum atomic E-state index is 11.8. The Hall–Kier alpha value is -3.52. The maximum absolute atomic E-state index is 11.8. The van der Waals surface area contributed by atoms with Crippen molar-refractivity contribution in [1.29, 1.82) is 5.26 Å². The van der Waals surface area contributed by atoms with E-state index >= 15 is 0 Å². The highest BCUT2D eigenvalue weighted by molar-refractivity contribution is 5.77. The number of carbonyl (C=O) groups excluding carboxylic acids is 1. The molecule has 0 heterocycles. The largest absolute Gasteiger partial charge is 0.512 e.